The summed E-state index contributed by atoms with van der Waals surface area (Å²) in [7, 11) is 0. The normalized spacial score (nSPS) is 15.6. The standard InChI is InChI=1S/C22H27N3O2/c1-17(2)20-11-10-19(21(26)23-20)22(27)25-15-13-24(14-16-25)12-6-9-18-7-4-3-5-8-18/h3-11,17H,12-16H2,1-2H3,(H,23,26). The van der Waals surface area contributed by atoms with E-state index in [0.717, 1.165) is 25.3 Å². The molecule has 5 heteroatoms. The monoisotopic (exact) mass is 365 g/mol. The number of nitrogens with one attached hydrogen (secondary N) is 1. The fourth-order valence-electron chi connectivity index (χ4n) is 3.20. The van der Waals surface area contributed by atoms with Gasteiger partial charge in [-0.2, -0.15) is 0 Å². The van der Waals surface area contributed by atoms with Crippen LogP contribution in [0.15, 0.2) is 53.3 Å². The topological polar surface area (TPSA) is 56.4 Å². The molecular weight excluding hydrogens is 338 g/mol. The van der Waals surface area contributed by atoms with Gasteiger partial charge in [0.25, 0.3) is 11.5 Å². The Hall–Kier alpha value is -2.66. The fraction of sp³-hybridized carbons (Fsp3) is 0.364. The van der Waals surface area contributed by atoms with Gasteiger partial charge in [0.15, 0.2) is 0 Å². The van der Waals surface area contributed by atoms with Crippen molar-refractivity contribution < 1.29 is 4.79 Å². The van der Waals surface area contributed by atoms with Gasteiger partial charge in [-0.05, 0) is 23.6 Å². The molecule has 142 valence electrons. The molecule has 0 saturated carbocycles. The molecule has 1 aromatic carbocycles. The van der Waals surface area contributed by atoms with Crippen molar-refractivity contribution in [3.8, 4) is 0 Å². The van der Waals surface area contributed by atoms with Gasteiger partial charge >= 0.3 is 0 Å². The molecule has 5 nitrogen and oxygen atoms in total. The molecule has 1 aliphatic rings. The number of hydrogen-bond donors (Lipinski definition) is 1. The third-order valence-corrected chi connectivity index (χ3v) is 4.92. The Bertz CT molecular complexity index is 847. The van der Waals surface area contributed by atoms with Crippen LogP contribution >= 0.6 is 0 Å². The Morgan fingerprint density at radius 2 is 1.78 bits per heavy atom. The number of pyridine rings is 1. The third-order valence-electron chi connectivity index (χ3n) is 4.92. The minimum Gasteiger partial charge on any atom is -0.336 e. The van der Waals surface area contributed by atoms with Crippen molar-refractivity contribution in [2.75, 3.05) is 32.7 Å². The molecule has 3 rings (SSSR count). The number of aromatic nitrogens is 1. The average molecular weight is 365 g/mol. The van der Waals surface area contributed by atoms with E-state index in [9.17, 15) is 9.59 Å². The molecule has 0 spiro atoms. The van der Waals surface area contributed by atoms with Crippen LogP contribution in [-0.4, -0.2) is 53.4 Å². The van der Waals surface area contributed by atoms with Gasteiger partial charge in [-0.15, -0.1) is 0 Å². The van der Waals surface area contributed by atoms with Crippen molar-refractivity contribution in [1.29, 1.82) is 0 Å². The Morgan fingerprint density at radius 3 is 2.41 bits per heavy atom. The molecular formula is C22H27N3O2. The number of benzene rings is 1. The van der Waals surface area contributed by atoms with E-state index in [-0.39, 0.29) is 22.9 Å². The highest BCUT2D eigenvalue weighted by Crippen LogP contribution is 2.11. The number of nitrogens with zero attached hydrogens (tertiary/aromatic N) is 2. The molecule has 1 aromatic heterocycles. The summed E-state index contributed by atoms with van der Waals surface area (Å²) in [6, 6.07) is 13.7. The summed E-state index contributed by atoms with van der Waals surface area (Å²) in [4.78, 5) is 31.8. The average Bonchev–Trinajstić information content (AvgIpc) is 2.69. The van der Waals surface area contributed by atoms with Gasteiger partial charge in [0.2, 0.25) is 0 Å². The maximum atomic E-state index is 12.7. The molecule has 2 heterocycles. The van der Waals surface area contributed by atoms with Crippen molar-refractivity contribution >= 4 is 12.0 Å². The summed E-state index contributed by atoms with van der Waals surface area (Å²) in [5, 5.41) is 0. The van der Waals surface area contributed by atoms with Crippen LogP contribution in [0.1, 0.15) is 41.4 Å². The predicted molar refractivity (Wildman–Crippen MR) is 109 cm³/mol. The minimum absolute atomic E-state index is 0.175. The zero-order valence-electron chi connectivity index (χ0n) is 16.0. The molecule has 27 heavy (non-hydrogen) atoms. The second-order valence-electron chi connectivity index (χ2n) is 7.22. The van der Waals surface area contributed by atoms with Crippen LogP contribution in [0.25, 0.3) is 6.08 Å². The van der Waals surface area contributed by atoms with Gasteiger partial charge < -0.3 is 9.88 Å². The maximum absolute atomic E-state index is 12.7. The van der Waals surface area contributed by atoms with Crippen molar-refractivity contribution in [3.63, 3.8) is 0 Å². The number of carbonyl (C=O) groups is 1. The molecule has 1 N–H and O–H groups in total. The first-order valence-electron chi connectivity index (χ1n) is 9.51. The smallest absolute Gasteiger partial charge is 0.261 e. The number of carbonyl (C=O) groups excluding carboxylic acids is 1. The number of piperazine rings is 1. The number of aromatic amines is 1. The van der Waals surface area contributed by atoms with Gasteiger partial charge in [-0.1, -0.05) is 56.3 Å². The van der Waals surface area contributed by atoms with Crippen LogP contribution in [0.5, 0.6) is 0 Å². The lowest BCUT2D eigenvalue weighted by atomic mass is 10.1. The predicted octanol–water partition coefficient (Wildman–Crippen LogP) is 2.97. The molecule has 1 saturated heterocycles. The number of hydrogen-bond acceptors (Lipinski definition) is 3. The highest BCUT2D eigenvalue weighted by atomic mass is 16.2. The van der Waals surface area contributed by atoms with E-state index in [4.69, 9.17) is 0 Å². The molecule has 0 radical (unpaired) electrons. The van der Waals surface area contributed by atoms with Crippen LogP contribution in [0, 0.1) is 0 Å². The minimum atomic E-state index is -0.292. The number of amides is 1. The second-order valence-corrected chi connectivity index (χ2v) is 7.22. The summed E-state index contributed by atoms with van der Waals surface area (Å²) in [6.07, 6.45) is 4.27. The molecule has 0 bridgehead atoms. The SMILES string of the molecule is CC(C)c1ccc(C(=O)N2CCN(CC=Cc3ccccc3)CC2)c(=O)[nH]1. The Balaban J connectivity index is 1.53. The van der Waals surface area contributed by atoms with E-state index < -0.39 is 0 Å². The quantitative estimate of drug-likeness (QED) is 0.886. The molecule has 1 fully saturated rings. The zero-order valence-corrected chi connectivity index (χ0v) is 16.0. The van der Waals surface area contributed by atoms with Crippen LogP contribution in [0.4, 0.5) is 0 Å². The van der Waals surface area contributed by atoms with E-state index in [2.05, 4.69) is 34.2 Å². The zero-order chi connectivity index (χ0) is 19.2. The largest absolute Gasteiger partial charge is 0.336 e. The number of rotatable bonds is 5. The van der Waals surface area contributed by atoms with Gasteiger partial charge in [0.05, 0.1) is 0 Å². The summed E-state index contributed by atoms with van der Waals surface area (Å²) in [6.45, 7) is 7.80. The van der Waals surface area contributed by atoms with Crippen LogP contribution < -0.4 is 5.56 Å². The van der Waals surface area contributed by atoms with E-state index in [1.54, 1.807) is 11.0 Å². The van der Waals surface area contributed by atoms with E-state index in [1.807, 2.05) is 38.1 Å². The molecule has 1 amide bonds. The maximum Gasteiger partial charge on any atom is 0.261 e. The first kappa shape index (κ1) is 19.1. The lowest BCUT2D eigenvalue weighted by molar-refractivity contribution is 0.0648. The van der Waals surface area contributed by atoms with Crippen molar-refractivity contribution in [1.82, 2.24) is 14.8 Å². The summed E-state index contributed by atoms with van der Waals surface area (Å²) in [5.74, 6) is 0.0559. The molecule has 2 aromatic rings. The van der Waals surface area contributed by atoms with Gasteiger partial charge in [-0.25, -0.2) is 0 Å². The lowest BCUT2D eigenvalue weighted by Crippen LogP contribution is -2.49. The summed E-state index contributed by atoms with van der Waals surface area (Å²) < 4.78 is 0. The van der Waals surface area contributed by atoms with Crippen LogP contribution in [0.3, 0.4) is 0 Å². The highest BCUT2D eigenvalue weighted by molar-refractivity contribution is 5.93. The third kappa shape index (κ3) is 4.95. The van der Waals surface area contributed by atoms with Crippen LogP contribution in [-0.2, 0) is 0 Å². The molecule has 1 aliphatic heterocycles. The summed E-state index contributed by atoms with van der Waals surface area (Å²) >= 11 is 0. The Morgan fingerprint density at radius 1 is 1.07 bits per heavy atom. The van der Waals surface area contributed by atoms with E-state index in [0.29, 0.717) is 13.1 Å². The van der Waals surface area contributed by atoms with Crippen molar-refractivity contribution in [2.45, 2.75) is 19.8 Å². The first-order chi connectivity index (χ1) is 13.0. The van der Waals surface area contributed by atoms with E-state index in [1.165, 1.54) is 5.56 Å². The second kappa shape index (κ2) is 8.82. The first-order valence-corrected chi connectivity index (χ1v) is 9.51. The Labute approximate surface area is 160 Å². The molecule has 0 atom stereocenters. The Kier molecular flexibility index (Phi) is 6.24. The summed E-state index contributed by atoms with van der Waals surface area (Å²) in [5.41, 5.74) is 1.98. The number of H-pyrrole nitrogens is 1. The van der Waals surface area contributed by atoms with Crippen LogP contribution in [0.2, 0.25) is 0 Å². The van der Waals surface area contributed by atoms with Crippen molar-refractivity contribution in [2.24, 2.45) is 0 Å². The lowest BCUT2D eigenvalue weighted by Gasteiger charge is -2.34. The van der Waals surface area contributed by atoms with Gasteiger partial charge in [-0.3, -0.25) is 14.5 Å². The molecule has 0 unspecified atom stereocenters. The van der Waals surface area contributed by atoms with Gasteiger partial charge in [0.1, 0.15) is 5.56 Å². The fourth-order valence-corrected chi connectivity index (χ4v) is 3.20. The molecule has 0 aliphatic carbocycles. The van der Waals surface area contributed by atoms with Crippen molar-refractivity contribution in [3.05, 3.63) is 75.7 Å². The van der Waals surface area contributed by atoms with Gasteiger partial charge in [0, 0.05) is 38.4 Å². The highest BCUT2D eigenvalue weighted by Gasteiger charge is 2.23. The van der Waals surface area contributed by atoms with E-state index >= 15 is 0 Å².